The van der Waals surface area contributed by atoms with E-state index < -0.39 is 0 Å². The van der Waals surface area contributed by atoms with E-state index in [1.807, 2.05) is 0 Å². The van der Waals surface area contributed by atoms with Crippen molar-refractivity contribution in [3.05, 3.63) is 19.9 Å². The fourth-order valence-electron chi connectivity index (χ4n) is 0.606. The Morgan fingerprint density at radius 3 is 2.89 bits per heavy atom. The van der Waals surface area contributed by atoms with Gasteiger partial charge in [0.15, 0.2) is 0 Å². The maximum atomic E-state index is 8.53. The van der Waals surface area contributed by atoms with E-state index >= 15 is 0 Å². The van der Waals surface area contributed by atoms with Gasteiger partial charge in [0.05, 0.1) is 2.88 Å². The maximum Gasteiger partial charge on any atom is 0.0656 e. The quantitative estimate of drug-likeness (QED) is 0.799. The predicted molar refractivity (Wildman–Crippen MR) is 47.8 cm³/mol. The Hall–Kier alpha value is 0.390. The zero-order valence-corrected chi connectivity index (χ0v) is 7.78. The van der Waals surface area contributed by atoms with E-state index in [0.29, 0.717) is 0 Å². The van der Waals surface area contributed by atoms with E-state index in [4.69, 9.17) is 5.11 Å². The van der Waals surface area contributed by atoms with E-state index in [1.165, 1.54) is 8.45 Å². The molecule has 0 saturated heterocycles. The summed E-state index contributed by atoms with van der Waals surface area (Å²) < 4.78 is 1.29. The molecule has 0 amide bonds. The second-order valence-corrected chi connectivity index (χ2v) is 4.54. The summed E-state index contributed by atoms with van der Waals surface area (Å²) in [5.74, 6) is 0. The summed E-state index contributed by atoms with van der Waals surface area (Å²) in [5, 5.41) is 10.6. The lowest BCUT2D eigenvalue weighted by Crippen LogP contribution is -1.85. The molecule has 1 heterocycles. The van der Waals surface area contributed by atoms with Gasteiger partial charge in [-0.15, -0.1) is 11.3 Å². The van der Waals surface area contributed by atoms with Crippen molar-refractivity contribution in [2.75, 3.05) is 6.61 Å². The molecule has 1 aromatic rings. The lowest BCUT2D eigenvalue weighted by Gasteiger charge is -1.86. The highest BCUT2D eigenvalue weighted by Gasteiger charge is 1.93. The first-order valence-electron chi connectivity index (χ1n) is 2.66. The summed E-state index contributed by atoms with van der Waals surface area (Å²) in [7, 11) is 0. The third kappa shape index (κ3) is 2.23. The van der Waals surface area contributed by atoms with Crippen LogP contribution in [0.5, 0.6) is 0 Å². The molecule has 50 valence electrons. The van der Waals surface area contributed by atoms with Crippen LogP contribution in [0.2, 0.25) is 0 Å². The molecular weight excluding hydrogens is 247 g/mol. The zero-order chi connectivity index (χ0) is 6.69. The Kier molecular flexibility index (Phi) is 2.94. The number of aliphatic hydroxyl groups excluding tert-OH is 1. The van der Waals surface area contributed by atoms with Crippen LogP contribution < -0.4 is 0 Å². The highest BCUT2D eigenvalue weighted by molar-refractivity contribution is 14.1. The van der Waals surface area contributed by atoms with Crippen molar-refractivity contribution >= 4 is 33.9 Å². The van der Waals surface area contributed by atoms with Crippen molar-refractivity contribution in [2.45, 2.75) is 6.42 Å². The van der Waals surface area contributed by atoms with Crippen LogP contribution in [0.3, 0.4) is 0 Å². The molecule has 0 bridgehead atoms. The molecule has 0 aliphatic carbocycles. The molecule has 1 nitrogen and oxygen atoms in total. The predicted octanol–water partition coefficient (Wildman–Crippen LogP) is 1.89. The molecule has 0 spiro atoms. The van der Waals surface area contributed by atoms with Crippen molar-refractivity contribution in [1.82, 2.24) is 0 Å². The van der Waals surface area contributed by atoms with Gasteiger partial charge in [-0.05, 0) is 46.0 Å². The molecule has 3 heteroatoms. The second kappa shape index (κ2) is 3.53. The number of rotatable bonds is 2. The van der Waals surface area contributed by atoms with Gasteiger partial charge in [-0.1, -0.05) is 0 Å². The standard InChI is InChI=1S/C6H7IOS/c7-6-3-5(1-2-8)4-9-6/h3-4,8H,1-2H2. The monoisotopic (exact) mass is 254 g/mol. The van der Waals surface area contributed by atoms with Crippen LogP contribution in [0.15, 0.2) is 11.4 Å². The average Bonchev–Trinajstić information content (AvgIpc) is 2.17. The van der Waals surface area contributed by atoms with Crippen molar-refractivity contribution in [3.63, 3.8) is 0 Å². The molecule has 1 N–H and O–H groups in total. The van der Waals surface area contributed by atoms with Gasteiger partial charge in [-0.2, -0.15) is 0 Å². The van der Waals surface area contributed by atoms with Crippen LogP contribution in [0.1, 0.15) is 5.56 Å². The average molecular weight is 254 g/mol. The van der Waals surface area contributed by atoms with Gasteiger partial charge in [-0.3, -0.25) is 0 Å². The third-order valence-electron chi connectivity index (χ3n) is 1.02. The zero-order valence-electron chi connectivity index (χ0n) is 4.80. The summed E-state index contributed by atoms with van der Waals surface area (Å²) in [6.07, 6.45) is 0.791. The molecule has 1 rings (SSSR count). The number of halogens is 1. The van der Waals surface area contributed by atoms with Gasteiger partial charge in [0, 0.05) is 6.61 Å². The minimum Gasteiger partial charge on any atom is -0.396 e. The highest BCUT2D eigenvalue weighted by atomic mass is 127. The molecule has 0 fully saturated rings. The van der Waals surface area contributed by atoms with Crippen LogP contribution in [-0.4, -0.2) is 11.7 Å². The van der Waals surface area contributed by atoms with Crippen molar-refractivity contribution in [3.8, 4) is 0 Å². The van der Waals surface area contributed by atoms with Crippen molar-refractivity contribution < 1.29 is 5.11 Å². The Morgan fingerprint density at radius 2 is 2.44 bits per heavy atom. The molecule has 1 aromatic heterocycles. The summed E-state index contributed by atoms with van der Waals surface area (Å²) in [4.78, 5) is 0. The van der Waals surface area contributed by atoms with Crippen LogP contribution in [0, 0.1) is 2.88 Å². The van der Waals surface area contributed by atoms with Gasteiger partial charge >= 0.3 is 0 Å². The normalized spacial score (nSPS) is 10.0. The van der Waals surface area contributed by atoms with E-state index in [9.17, 15) is 0 Å². The highest BCUT2D eigenvalue weighted by Crippen LogP contribution is 2.16. The SMILES string of the molecule is OCCc1csc(I)c1. The molecule has 0 aromatic carbocycles. The van der Waals surface area contributed by atoms with Gasteiger partial charge in [0.2, 0.25) is 0 Å². The summed E-state index contributed by atoms with van der Waals surface area (Å²) in [6, 6.07) is 2.10. The molecule has 0 saturated carbocycles. The Morgan fingerprint density at radius 1 is 1.67 bits per heavy atom. The van der Waals surface area contributed by atoms with E-state index in [-0.39, 0.29) is 6.61 Å². The minimum absolute atomic E-state index is 0.257. The molecule has 0 unspecified atom stereocenters. The lowest BCUT2D eigenvalue weighted by atomic mass is 10.3. The first kappa shape index (κ1) is 7.50. The van der Waals surface area contributed by atoms with E-state index in [1.54, 1.807) is 11.3 Å². The van der Waals surface area contributed by atoms with Crippen LogP contribution in [0.25, 0.3) is 0 Å². The van der Waals surface area contributed by atoms with Gasteiger partial charge in [-0.25, -0.2) is 0 Å². The molecule has 0 radical (unpaired) electrons. The molecule has 9 heavy (non-hydrogen) atoms. The smallest absolute Gasteiger partial charge is 0.0656 e. The van der Waals surface area contributed by atoms with E-state index in [0.717, 1.165) is 6.42 Å². The van der Waals surface area contributed by atoms with Crippen LogP contribution in [0.4, 0.5) is 0 Å². The number of aliphatic hydroxyl groups is 1. The number of thiophene rings is 1. The lowest BCUT2D eigenvalue weighted by molar-refractivity contribution is 0.300. The summed E-state index contributed by atoms with van der Waals surface area (Å²) in [6.45, 7) is 0.257. The minimum atomic E-state index is 0.257. The third-order valence-corrected chi connectivity index (χ3v) is 2.86. The Bertz CT molecular complexity index is 185. The maximum absolute atomic E-state index is 8.53. The molecule has 0 aliphatic heterocycles. The summed E-state index contributed by atoms with van der Waals surface area (Å²) >= 11 is 4.00. The van der Waals surface area contributed by atoms with Gasteiger partial charge in [0.25, 0.3) is 0 Å². The van der Waals surface area contributed by atoms with Crippen LogP contribution in [-0.2, 0) is 6.42 Å². The Balaban J connectivity index is 2.61. The second-order valence-electron chi connectivity index (χ2n) is 1.73. The largest absolute Gasteiger partial charge is 0.396 e. The Labute approximate surface area is 71.9 Å². The fourth-order valence-corrected chi connectivity index (χ4v) is 2.06. The van der Waals surface area contributed by atoms with Crippen molar-refractivity contribution in [1.29, 1.82) is 0 Å². The molecular formula is C6H7IOS. The fraction of sp³-hybridized carbons (Fsp3) is 0.333. The van der Waals surface area contributed by atoms with E-state index in [2.05, 4.69) is 34.0 Å². The molecule has 0 atom stereocenters. The van der Waals surface area contributed by atoms with Crippen LogP contribution >= 0.6 is 33.9 Å². The number of hydrogen-bond donors (Lipinski definition) is 1. The van der Waals surface area contributed by atoms with Crippen molar-refractivity contribution in [2.24, 2.45) is 0 Å². The topological polar surface area (TPSA) is 20.2 Å². The molecule has 0 aliphatic rings. The van der Waals surface area contributed by atoms with Gasteiger partial charge < -0.3 is 5.11 Å². The first-order chi connectivity index (χ1) is 4.33. The number of hydrogen-bond acceptors (Lipinski definition) is 2. The van der Waals surface area contributed by atoms with Gasteiger partial charge in [0.1, 0.15) is 0 Å². The summed E-state index contributed by atoms with van der Waals surface area (Å²) in [5.41, 5.74) is 1.24. The first-order valence-corrected chi connectivity index (χ1v) is 4.62.